The molecule has 19 heavy (non-hydrogen) atoms. The number of furan rings is 1. The molecule has 0 bridgehead atoms. The van der Waals surface area contributed by atoms with Crippen LogP contribution in [0.3, 0.4) is 0 Å². The van der Waals surface area contributed by atoms with Crippen LogP contribution in [0.5, 0.6) is 5.75 Å². The van der Waals surface area contributed by atoms with Gasteiger partial charge in [-0.05, 0) is 24.3 Å². The number of anilines is 1. The number of aromatic nitrogens is 1. The van der Waals surface area contributed by atoms with Crippen LogP contribution in [0.1, 0.15) is 5.76 Å². The zero-order valence-corrected chi connectivity index (χ0v) is 10.1. The molecule has 0 saturated heterocycles. The number of nitrogen functional groups attached to an aromatic ring is 1. The van der Waals surface area contributed by atoms with E-state index in [1.807, 2.05) is 0 Å². The Labute approximate surface area is 109 Å². The summed E-state index contributed by atoms with van der Waals surface area (Å²) in [7, 11) is 0. The third kappa shape index (κ3) is 3.71. The van der Waals surface area contributed by atoms with E-state index in [4.69, 9.17) is 15.0 Å². The van der Waals surface area contributed by atoms with Crippen molar-refractivity contribution in [3.8, 4) is 5.75 Å². The molecule has 2 aromatic heterocycles. The number of nitrogens with two attached hydrogens (primary N) is 1. The number of carbonyl (C=O) groups is 1. The molecule has 2 aromatic rings. The van der Waals surface area contributed by atoms with Gasteiger partial charge in [0.2, 0.25) is 0 Å². The van der Waals surface area contributed by atoms with Crippen LogP contribution in [-0.4, -0.2) is 17.5 Å². The van der Waals surface area contributed by atoms with Gasteiger partial charge < -0.3 is 19.9 Å². The Bertz CT molecular complexity index is 528. The van der Waals surface area contributed by atoms with Crippen LogP contribution in [-0.2, 0) is 11.3 Å². The second-order valence-electron chi connectivity index (χ2n) is 3.64. The normalized spacial score (nSPS) is 9.95. The first-order valence-electron chi connectivity index (χ1n) is 5.63. The minimum Gasteiger partial charge on any atom is -0.480 e. The number of hydrogen-bond donors (Lipinski definition) is 3. The molecular formula is C12H14N4O3. The van der Waals surface area contributed by atoms with Crippen molar-refractivity contribution in [2.75, 3.05) is 12.0 Å². The van der Waals surface area contributed by atoms with Gasteiger partial charge in [-0.25, -0.2) is 10.8 Å². The topological polar surface area (TPSA) is 102 Å². The molecule has 0 saturated carbocycles. The monoisotopic (exact) mass is 262 g/mol. The SMILES string of the molecule is NNc1ncccc1OCC(=O)NCc1ccco1. The highest BCUT2D eigenvalue weighted by Gasteiger charge is 2.07. The summed E-state index contributed by atoms with van der Waals surface area (Å²) in [6, 6.07) is 6.89. The number of hydrazine groups is 1. The van der Waals surface area contributed by atoms with Gasteiger partial charge in [-0.3, -0.25) is 4.79 Å². The highest BCUT2D eigenvalue weighted by Crippen LogP contribution is 2.18. The lowest BCUT2D eigenvalue weighted by molar-refractivity contribution is -0.123. The van der Waals surface area contributed by atoms with E-state index >= 15 is 0 Å². The molecule has 0 aliphatic heterocycles. The molecule has 100 valence electrons. The molecule has 0 radical (unpaired) electrons. The molecule has 0 fully saturated rings. The summed E-state index contributed by atoms with van der Waals surface area (Å²) < 4.78 is 10.4. The largest absolute Gasteiger partial charge is 0.480 e. The average molecular weight is 262 g/mol. The second-order valence-corrected chi connectivity index (χ2v) is 3.64. The van der Waals surface area contributed by atoms with Gasteiger partial charge in [-0.1, -0.05) is 0 Å². The molecule has 0 aliphatic carbocycles. The first-order valence-corrected chi connectivity index (χ1v) is 5.63. The van der Waals surface area contributed by atoms with E-state index in [-0.39, 0.29) is 12.5 Å². The molecule has 4 N–H and O–H groups in total. The summed E-state index contributed by atoms with van der Waals surface area (Å²) >= 11 is 0. The molecular weight excluding hydrogens is 248 g/mol. The van der Waals surface area contributed by atoms with E-state index in [9.17, 15) is 4.79 Å². The van der Waals surface area contributed by atoms with Crippen LogP contribution >= 0.6 is 0 Å². The van der Waals surface area contributed by atoms with Gasteiger partial charge in [-0.2, -0.15) is 0 Å². The predicted octanol–water partition coefficient (Wildman–Crippen LogP) is 0.655. The van der Waals surface area contributed by atoms with Gasteiger partial charge in [0.25, 0.3) is 5.91 Å². The number of pyridine rings is 1. The Morgan fingerprint density at radius 1 is 1.42 bits per heavy atom. The summed E-state index contributed by atoms with van der Waals surface area (Å²) in [5.74, 6) is 6.48. The minimum atomic E-state index is -0.261. The van der Waals surface area contributed by atoms with Crippen LogP contribution in [0.15, 0.2) is 41.1 Å². The molecule has 2 rings (SSSR count). The van der Waals surface area contributed by atoms with Crippen molar-refractivity contribution >= 4 is 11.7 Å². The van der Waals surface area contributed by atoms with E-state index in [1.165, 1.54) is 0 Å². The number of nitrogens with one attached hydrogen (secondary N) is 2. The van der Waals surface area contributed by atoms with Crippen molar-refractivity contribution in [2.45, 2.75) is 6.54 Å². The van der Waals surface area contributed by atoms with Crippen LogP contribution in [0.4, 0.5) is 5.82 Å². The molecule has 0 spiro atoms. The van der Waals surface area contributed by atoms with Gasteiger partial charge in [0.15, 0.2) is 18.2 Å². The summed E-state index contributed by atoms with van der Waals surface area (Å²) in [5.41, 5.74) is 2.39. The standard InChI is InChI=1S/C12H14N4O3/c13-16-12-10(4-1-5-14-12)19-8-11(17)15-7-9-3-2-6-18-9/h1-6H,7-8,13H2,(H,14,16)(H,15,17). The number of amides is 1. The molecule has 0 unspecified atom stereocenters. The molecule has 0 aromatic carbocycles. The molecule has 2 heterocycles. The maximum atomic E-state index is 11.6. The summed E-state index contributed by atoms with van der Waals surface area (Å²) in [5, 5.41) is 2.66. The average Bonchev–Trinajstić information content (AvgIpc) is 2.96. The summed E-state index contributed by atoms with van der Waals surface area (Å²) in [4.78, 5) is 15.5. The maximum Gasteiger partial charge on any atom is 0.258 e. The lowest BCUT2D eigenvalue weighted by Crippen LogP contribution is -2.28. The van der Waals surface area contributed by atoms with Gasteiger partial charge in [0.1, 0.15) is 5.76 Å². The predicted molar refractivity (Wildman–Crippen MR) is 68.1 cm³/mol. The number of nitrogens with zero attached hydrogens (tertiary/aromatic N) is 1. The Morgan fingerprint density at radius 3 is 3.05 bits per heavy atom. The molecule has 7 nitrogen and oxygen atoms in total. The molecule has 0 atom stereocenters. The molecule has 1 amide bonds. The summed E-state index contributed by atoms with van der Waals surface area (Å²) in [6.07, 6.45) is 3.12. The summed E-state index contributed by atoms with van der Waals surface area (Å²) in [6.45, 7) is 0.200. The fourth-order valence-corrected chi connectivity index (χ4v) is 1.41. The zero-order chi connectivity index (χ0) is 13.5. The van der Waals surface area contributed by atoms with Gasteiger partial charge >= 0.3 is 0 Å². The number of carbonyl (C=O) groups excluding carboxylic acids is 1. The highest BCUT2D eigenvalue weighted by atomic mass is 16.5. The Morgan fingerprint density at radius 2 is 2.32 bits per heavy atom. The maximum absolute atomic E-state index is 11.6. The first-order chi connectivity index (χ1) is 9.29. The fraction of sp³-hybridized carbons (Fsp3) is 0.167. The van der Waals surface area contributed by atoms with E-state index in [0.29, 0.717) is 23.9 Å². The van der Waals surface area contributed by atoms with E-state index in [2.05, 4.69) is 15.7 Å². The van der Waals surface area contributed by atoms with E-state index in [1.54, 1.807) is 36.7 Å². The smallest absolute Gasteiger partial charge is 0.258 e. The number of rotatable bonds is 6. The van der Waals surface area contributed by atoms with E-state index in [0.717, 1.165) is 0 Å². The molecule has 7 heteroatoms. The van der Waals surface area contributed by atoms with Gasteiger partial charge in [0, 0.05) is 6.20 Å². The quantitative estimate of drug-likeness (QED) is 0.522. The highest BCUT2D eigenvalue weighted by molar-refractivity contribution is 5.77. The Kier molecular flexibility index (Phi) is 4.35. The second kappa shape index (κ2) is 6.41. The van der Waals surface area contributed by atoms with Crippen LogP contribution in [0, 0.1) is 0 Å². The van der Waals surface area contributed by atoms with Crippen molar-refractivity contribution < 1.29 is 13.9 Å². The number of hydrogen-bond acceptors (Lipinski definition) is 6. The third-order valence-electron chi connectivity index (χ3n) is 2.31. The van der Waals surface area contributed by atoms with Crippen molar-refractivity contribution in [3.05, 3.63) is 42.5 Å². The number of ether oxygens (including phenoxy) is 1. The fourth-order valence-electron chi connectivity index (χ4n) is 1.41. The van der Waals surface area contributed by atoms with Crippen molar-refractivity contribution in [3.63, 3.8) is 0 Å². The van der Waals surface area contributed by atoms with Crippen molar-refractivity contribution in [1.29, 1.82) is 0 Å². The Balaban J connectivity index is 1.80. The lowest BCUT2D eigenvalue weighted by Gasteiger charge is -2.09. The third-order valence-corrected chi connectivity index (χ3v) is 2.31. The van der Waals surface area contributed by atoms with Gasteiger partial charge in [-0.15, -0.1) is 0 Å². The molecule has 0 aliphatic rings. The van der Waals surface area contributed by atoms with Crippen molar-refractivity contribution in [1.82, 2.24) is 10.3 Å². The zero-order valence-electron chi connectivity index (χ0n) is 10.1. The first kappa shape index (κ1) is 12.9. The van der Waals surface area contributed by atoms with Crippen LogP contribution in [0.2, 0.25) is 0 Å². The van der Waals surface area contributed by atoms with Crippen LogP contribution in [0.25, 0.3) is 0 Å². The lowest BCUT2D eigenvalue weighted by atomic mass is 10.4. The van der Waals surface area contributed by atoms with Crippen molar-refractivity contribution in [2.24, 2.45) is 5.84 Å². The van der Waals surface area contributed by atoms with Gasteiger partial charge in [0.05, 0.1) is 12.8 Å². The van der Waals surface area contributed by atoms with Crippen LogP contribution < -0.4 is 21.3 Å². The minimum absolute atomic E-state index is 0.124. The van der Waals surface area contributed by atoms with E-state index < -0.39 is 0 Å². The Hall–Kier alpha value is -2.54.